The largest absolute Gasteiger partial charge is 0.395 e. The number of β-amino-alcohol motifs (C(OH)–C–C–N with tert-alkyl or cyclic N) is 1. The first-order valence-corrected chi connectivity index (χ1v) is 7.58. The monoisotopic (exact) mass is 354 g/mol. The highest BCUT2D eigenvalue weighted by Crippen LogP contribution is 2.39. The van der Waals surface area contributed by atoms with Crippen molar-refractivity contribution in [3.8, 4) is 0 Å². The van der Waals surface area contributed by atoms with Gasteiger partial charge in [0, 0.05) is 17.8 Å². The molecule has 1 aliphatic rings. The predicted octanol–water partition coefficient (Wildman–Crippen LogP) is 4.22. The summed E-state index contributed by atoms with van der Waals surface area (Å²) in [4.78, 5) is 6.66. The second kappa shape index (κ2) is 7.23. The van der Waals surface area contributed by atoms with E-state index in [9.17, 15) is 0 Å². The number of thioether (sulfide) groups is 1. The molecule has 0 radical (unpaired) electrons. The maximum atomic E-state index is 9.13. The first-order chi connectivity index (χ1) is 8.93. The molecule has 0 atom stereocenters. The van der Waals surface area contributed by atoms with E-state index in [4.69, 9.17) is 28.3 Å². The molecule has 0 unspecified atom stereocenters. The van der Waals surface area contributed by atoms with Crippen LogP contribution in [-0.2, 0) is 0 Å². The van der Waals surface area contributed by atoms with Crippen LogP contribution in [0.2, 0.25) is 10.0 Å². The van der Waals surface area contributed by atoms with Gasteiger partial charge in [0.25, 0.3) is 0 Å². The summed E-state index contributed by atoms with van der Waals surface area (Å²) in [7, 11) is 0. The Morgan fingerprint density at radius 2 is 2.10 bits per heavy atom. The SMILES string of the molecule is CC1(C)CN(CCO)C(=Nc2cccc(Cl)c2Cl)S1.Cl. The second-order valence-electron chi connectivity index (χ2n) is 4.97. The molecular formula is C13H17Cl3N2OS. The van der Waals surface area contributed by atoms with Crippen molar-refractivity contribution in [2.24, 2.45) is 4.99 Å². The number of aliphatic imine (C=N–C) groups is 1. The van der Waals surface area contributed by atoms with Crippen molar-refractivity contribution in [1.82, 2.24) is 4.90 Å². The van der Waals surface area contributed by atoms with Gasteiger partial charge in [-0.2, -0.15) is 0 Å². The smallest absolute Gasteiger partial charge is 0.165 e. The quantitative estimate of drug-likeness (QED) is 0.881. The zero-order valence-electron chi connectivity index (χ0n) is 11.3. The van der Waals surface area contributed by atoms with E-state index in [0.29, 0.717) is 22.3 Å². The Labute approximate surface area is 139 Å². The molecule has 0 bridgehead atoms. The molecule has 0 saturated carbocycles. The molecule has 3 nitrogen and oxygen atoms in total. The number of aliphatic hydroxyl groups excluding tert-OH is 1. The van der Waals surface area contributed by atoms with E-state index < -0.39 is 0 Å². The van der Waals surface area contributed by atoms with Crippen LogP contribution in [0.25, 0.3) is 0 Å². The zero-order valence-corrected chi connectivity index (χ0v) is 14.4. The average Bonchev–Trinajstić information content (AvgIpc) is 2.60. The molecule has 1 aromatic rings. The van der Waals surface area contributed by atoms with Gasteiger partial charge in [-0.1, -0.05) is 41.0 Å². The number of hydrogen-bond acceptors (Lipinski definition) is 3. The van der Waals surface area contributed by atoms with Crippen LogP contribution in [0.4, 0.5) is 5.69 Å². The van der Waals surface area contributed by atoms with Gasteiger partial charge in [-0.05, 0) is 26.0 Å². The number of benzene rings is 1. The highest BCUT2D eigenvalue weighted by atomic mass is 35.5. The fourth-order valence-electron chi connectivity index (χ4n) is 1.94. The lowest BCUT2D eigenvalue weighted by molar-refractivity contribution is 0.249. The lowest BCUT2D eigenvalue weighted by atomic mass is 10.2. The number of amidine groups is 1. The van der Waals surface area contributed by atoms with Crippen molar-refractivity contribution < 1.29 is 5.11 Å². The van der Waals surface area contributed by atoms with E-state index in [-0.39, 0.29) is 23.8 Å². The molecule has 0 spiro atoms. The molecule has 7 heteroatoms. The molecule has 0 amide bonds. The standard InChI is InChI=1S/C13H16Cl2N2OS.ClH/c1-13(2)8-17(6-7-18)12(19-13)16-10-5-3-4-9(14)11(10)15;/h3-5,18H,6-8H2,1-2H3;1H. The molecule has 112 valence electrons. The van der Waals surface area contributed by atoms with Gasteiger partial charge in [0.2, 0.25) is 0 Å². The number of aliphatic hydroxyl groups is 1. The molecular weight excluding hydrogens is 339 g/mol. The normalized spacial score (nSPS) is 19.2. The van der Waals surface area contributed by atoms with Crippen LogP contribution in [0.5, 0.6) is 0 Å². The van der Waals surface area contributed by atoms with Crippen LogP contribution in [-0.4, -0.2) is 39.6 Å². The summed E-state index contributed by atoms with van der Waals surface area (Å²) >= 11 is 13.8. The van der Waals surface area contributed by atoms with Crippen LogP contribution in [0.1, 0.15) is 13.8 Å². The minimum absolute atomic E-state index is 0. The number of nitrogens with zero attached hydrogens (tertiary/aromatic N) is 2. The van der Waals surface area contributed by atoms with E-state index >= 15 is 0 Å². The lowest BCUT2D eigenvalue weighted by Crippen LogP contribution is -2.31. The molecule has 1 N–H and O–H groups in total. The van der Waals surface area contributed by atoms with Crippen LogP contribution < -0.4 is 0 Å². The molecule has 0 aliphatic carbocycles. The van der Waals surface area contributed by atoms with E-state index in [2.05, 4.69) is 23.7 Å². The summed E-state index contributed by atoms with van der Waals surface area (Å²) in [5, 5.41) is 11.0. The summed E-state index contributed by atoms with van der Waals surface area (Å²) in [5.41, 5.74) is 0.664. The van der Waals surface area contributed by atoms with Crippen LogP contribution >= 0.6 is 47.4 Å². The average molecular weight is 356 g/mol. The van der Waals surface area contributed by atoms with E-state index in [1.807, 2.05) is 12.1 Å². The van der Waals surface area contributed by atoms with Crippen molar-refractivity contribution in [2.45, 2.75) is 18.6 Å². The maximum absolute atomic E-state index is 9.13. The molecule has 1 heterocycles. The van der Waals surface area contributed by atoms with E-state index in [0.717, 1.165) is 11.7 Å². The molecule has 1 fully saturated rings. The van der Waals surface area contributed by atoms with Gasteiger partial charge < -0.3 is 10.0 Å². The van der Waals surface area contributed by atoms with E-state index in [1.165, 1.54) is 0 Å². The van der Waals surface area contributed by atoms with Gasteiger partial charge in [0.05, 0.1) is 22.3 Å². The Balaban J connectivity index is 0.00000200. The summed E-state index contributed by atoms with van der Waals surface area (Å²) in [6.45, 7) is 5.86. The maximum Gasteiger partial charge on any atom is 0.165 e. The molecule has 2 rings (SSSR count). The van der Waals surface area contributed by atoms with Crippen molar-refractivity contribution in [2.75, 3.05) is 19.7 Å². The second-order valence-corrected chi connectivity index (χ2v) is 7.43. The molecule has 1 aromatic carbocycles. The first kappa shape index (κ1) is 17.9. The van der Waals surface area contributed by atoms with Crippen molar-refractivity contribution in [3.05, 3.63) is 28.2 Å². The summed E-state index contributed by atoms with van der Waals surface area (Å²) in [6.07, 6.45) is 0. The van der Waals surface area contributed by atoms with Crippen molar-refractivity contribution in [1.29, 1.82) is 0 Å². The fourth-order valence-corrected chi connectivity index (χ4v) is 3.42. The van der Waals surface area contributed by atoms with Gasteiger partial charge >= 0.3 is 0 Å². The minimum atomic E-state index is 0. The highest BCUT2D eigenvalue weighted by Gasteiger charge is 2.34. The Morgan fingerprint density at radius 3 is 2.75 bits per heavy atom. The number of hydrogen-bond donors (Lipinski definition) is 1. The Morgan fingerprint density at radius 1 is 1.40 bits per heavy atom. The molecule has 0 aromatic heterocycles. The van der Waals surface area contributed by atoms with Crippen LogP contribution in [0.15, 0.2) is 23.2 Å². The molecule has 1 saturated heterocycles. The third-order valence-corrected chi connectivity index (χ3v) is 4.75. The number of rotatable bonds is 3. The van der Waals surface area contributed by atoms with Gasteiger partial charge in [-0.25, -0.2) is 4.99 Å². The van der Waals surface area contributed by atoms with Crippen LogP contribution in [0, 0.1) is 0 Å². The van der Waals surface area contributed by atoms with Crippen LogP contribution in [0.3, 0.4) is 0 Å². The summed E-state index contributed by atoms with van der Waals surface area (Å²) in [6, 6.07) is 5.41. The van der Waals surface area contributed by atoms with Crippen molar-refractivity contribution in [3.63, 3.8) is 0 Å². The lowest BCUT2D eigenvalue weighted by Gasteiger charge is -2.18. The highest BCUT2D eigenvalue weighted by molar-refractivity contribution is 8.15. The Hall–Kier alpha value is -0.130. The van der Waals surface area contributed by atoms with E-state index in [1.54, 1.807) is 17.8 Å². The zero-order chi connectivity index (χ0) is 14.0. The summed E-state index contributed by atoms with van der Waals surface area (Å²) < 4.78 is 0.0824. The minimum Gasteiger partial charge on any atom is -0.395 e. The number of halogens is 3. The first-order valence-electron chi connectivity index (χ1n) is 6.00. The molecule has 20 heavy (non-hydrogen) atoms. The third-order valence-electron chi connectivity index (χ3n) is 2.73. The van der Waals surface area contributed by atoms with Gasteiger partial charge in [-0.15, -0.1) is 12.4 Å². The van der Waals surface area contributed by atoms with Gasteiger partial charge in [0.1, 0.15) is 0 Å². The van der Waals surface area contributed by atoms with Gasteiger partial charge in [0.15, 0.2) is 5.17 Å². The summed E-state index contributed by atoms with van der Waals surface area (Å²) in [5.74, 6) is 0. The predicted molar refractivity (Wildman–Crippen MR) is 91.1 cm³/mol. The fraction of sp³-hybridized carbons (Fsp3) is 0.462. The molecule has 1 aliphatic heterocycles. The Bertz CT molecular complexity index is 508. The van der Waals surface area contributed by atoms with Crippen molar-refractivity contribution >= 4 is 58.2 Å². The Kier molecular flexibility index (Phi) is 6.48. The van der Waals surface area contributed by atoms with Gasteiger partial charge in [-0.3, -0.25) is 0 Å². The third kappa shape index (κ3) is 4.18. The topological polar surface area (TPSA) is 35.8 Å².